The molecule has 5 rings (SSSR count). The largest absolute Gasteiger partial charge is 0.373 e. The summed E-state index contributed by atoms with van der Waals surface area (Å²) in [4.78, 5) is 9.25. The van der Waals surface area contributed by atoms with Gasteiger partial charge in [-0.05, 0) is 56.6 Å². The summed E-state index contributed by atoms with van der Waals surface area (Å²) in [5.41, 5.74) is 2.68. The van der Waals surface area contributed by atoms with Crippen LogP contribution in [0, 0.1) is 0 Å². The van der Waals surface area contributed by atoms with E-state index in [2.05, 4.69) is 15.6 Å². The average molecular weight is 457 g/mol. The summed E-state index contributed by atoms with van der Waals surface area (Å²) in [6, 6.07) is 10.1. The SMILES string of the molecule is Cl.Cl.Clc1ccc2ncc(-c3cccc(NC4COC5(CCNCC5)C4)n3)n2c1. The Morgan fingerprint density at radius 1 is 1.17 bits per heavy atom. The van der Waals surface area contributed by atoms with E-state index >= 15 is 0 Å². The number of nitrogens with one attached hydrogen (secondary N) is 2. The van der Waals surface area contributed by atoms with Gasteiger partial charge in [-0.1, -0.05) is 17.7 Å². The van der Waals surface area contributed by atoms with Crippen LogP contribution >= 0.6 is 36.4 Å². The van der Waals surface area contributed by atoms with Crippen LogP contribution in [0.2, 0.25) is 5.02 Å². The minimum Gasteiger partial charge on any atom is -0.373 e. The summed E-state index contributed by atoms with van der Waals surface area (Å²) < 4.78 is 8.15. The van der Waals surface area contributed by atoms with Crippen molar-refractivity contribution >= 4 is 47.9 Å². The zero-order chi connectivity index (χ0) is 18.3. The minimum absolute atomic E-state index is 0. The molecule has 1 spiro atoms. The fourth-order valence-corrected chi connectivity index (χ4v) is 4.34. The van der Waals surface area contributed by atoms with Crippen molar-refractivity contribution in [1.82, 2.24) is 19.7 Å². The van der Waals surface area contributed by atoms with Gasteiger partial charge >= 0.3 is 0 Å². The molecule has 1 unspecified atom stereocenters. The first-order chi connectivity index (χ1) is 13.2. The Morgan fingerprint density at radius 2 is 2.00 bits per heavy atom. The number of ether oxygens (including phenoxy) is 1. The molecule has 5 heterocycles. The van der Waals surface area contributed by atoms with Gasteiger partial charge in [-0.25, -0.2) is 9.97 Å². The summed E-state index contributed by atoms with van der Waals surface area (Å²) in [6.45, 7) is 2.81. The molecule has 3 aromatic heterocycles. The molecule has 0 aromatic carbocycles. The number of hydrogen-bond donors (Lipinski definition) is 2. The number of rotatable bonds is 3. The fourth-order valence-electron chi connectivity index (χ4n) is 4.18. The molecular weight excluding hydrogens is 433 g/mol. The van der Waals surface area contributed by atoms with Crippen molar-refractivity contribution in [1.29, 1.82) is 0 Å². The minimum atomic E-state index is 0. The summed E-state index contributed by atoms with van der Waals surface area (Å²) in [5.74, 6) is 0.865. The smallest absolute Gasteiger partial charge is 0.137 e. The van der Waals surface area contributed by atoms with Gasteiger partial charge in [-0.2, -0.15) is 0 Å². The maximum Gasteiger partial charge on any atom is 0.137 e. The zero-order valence-electron chi connectivity index (χ0n) is 15.8. The van der Waals surface area contributed by atoms with Crippen LogP contribution in [0.3, 0.4) is 0 Å². The predicted octanol–water partition coefficient (Wildman–Crippen LogP) is 4.22. The van der Waals surface area contributed by atoms with Crippen molar-refractivity contribution < 1.29 is 4.74 Å². The number of pyridine rings is 2. The van der Waals surface area contributed by atoms with Crippen LogP contribution in [0.4, 0.5) is 5.82 Å². The van der Waals surface area contributed by atoms with Gasteiger partial charge in [0.1, 0.15) is 11.5 Å². The third-order valence-electron chi connectivity index (χ3n) is 5.56. The number of anilines is 1. The average Bonchev–Trinajstić information content (AvgIpc) is 3.27. The van der Waals surface area contributed by atoms with Crippen molar-refractivity contribution in [3.05, 3.63) is 47.7 Å². The van der Waals surface area contributed by atoms with Crippen LogP contribution in [0.1, 0.15) is 19.3 Å². The molecule has 29 heavy (non-hydrogen) atoms. The van der Waals surface area contributed by atoms with Crippen LogP contribution in [-0.4, -0.2) is 45.7 Å². The number of nitrogens with zero attached hydrogens (tertiary/aromatic N) is 3. The number of aromatic nitrogens is 3. The van der Waals surface area contributed by atoms with Gasteiger partial charge in [0.2, 0.25) is 0 Å². The lowest BCUT2D eigenvalue weighted by atomic mass is 9.88. The highest BCUT2D eigenvalue weighted by Gasteiger charge is 2.41. The maximum absolute atomic E-state index is 6.18. The highest BCUT2D eigenvalue weighted by molar-refractivity contribution is 6.30. The Kier molecular flexibility index (Phi) is 6.91. The summed E-state index contributed by atoms with van der Waals surface area (Å²) in [6.07, 6.45) is 6.90. The van der Waals surface area contributed by atoms with E-state index in [1.165, 1.54) is 0 Å². The molecule has 0 radical (unpaired) electrons. The monoisotopic (exact) mass is 455 g/mol. The summed E-state index contributed by atoms with van der Waals surface area (Å²) in [7, 11) is 0. The van der Waals surface area contributed by atoms with E-state index in [0.717, 1.165) is 61.8 Å². The number of hydrogen-bond acceptors (Lipinski definition) is 5. The van der Waals surface area contributed by atoms with Gasteiger partial charge in [-0.3, -0.25) is 4.40 Å². The Hall–Kier alpha value is -1.57. The Bertz CT molecular complexity index is 974. The molecular formula is C20H24Cl3N5O. The van der Waals surface area contributed by atoms with Crippen molar-refractivity contribution in [2.24, 2.45) is 0 Å². The Balaban J connectivity index is 0.00000120. The van der Waals surface area contributed by atoms with Gasteiger partial charge in [0, 0.05) is 6.20 Å². The predicted molar refractivity (Wildman–Crippen MR) is 121 cm³/mol. The third kappa shape index (κ3) is 4.47. The van der Waals surface area contributed by atoms with Gasteiger partial charge in [0.25, 0.3) is 0 Å². The second-order valence-electron chi connectivity index (χ2n) is 7.42. The molecule has 2 saturated heterocycles. The van der Waals surface area contributed by atoms with Crippen LogP contribution in [0.25, 0.3) is 17.0 Å². The summed E-state index contributed by atoms with van der Waals surface area (Å²) >= 11 is 6.15. The quantitative estimate of drug-likeness (QED) is 0.618. The van der Waals surface area contributed by atoms with E-state index in [1.807, 2.05) is 47.1 Å². The first-order valence-electron chi connectivity index (χ1n) is 9.42. The molecule has 6 nitrogen and oxygen atoms in total. The first-order valence-corrected chi connectivity index (χ1v) is 9.80. The topological polar surface area (TPSA) is 63.5 Å². The van der Waals surface area contributed by atoms with Gasteiger partial charge in [-0.15, -0.1) is 24.8 Å². The number of fused-ring (bicyclic) bond motifs is 1. The molecule has 0 aliphatic carbocycles. The van der Waals surface area contributed by atoms with Crippen molar-refractivity contribution in [2.45, 2.75) is 30.9 Å². The molecule has 1 atom stereocenters. The lowest BCUT2D eigenvalue weighted by Gasteiger charge is -2.32. The Morgan fingerprint density at radius 3 is 2.83 bits per heavy atom. The lowest BCUT2D eigenvalue weighted by molar-refractivity contribution is -0.0192. The Labute approximate surface area is 187 Å². The molecule has 9 heteroatoms. The third-order valence-corrected chi connectivity index (χ3v) is 5.78. The van der Waals surface area contributed by atoms with Crippen LogP contribution in [-0.2, 0) is 4.74 Å². The number of piperidine rings is 1. The normalized spacial score (nSPS) is 20.2. The molecule has 0 amide bonds. The van der Waals surface area contributed by atoms with E-state index in [-0.39, 0.29) is 30.4 Å². The van der Waals surface area contributed by atoms with Crippen LogP contribution < -0.4 is 10.6 Å². The molecule has 156 valence electrons. The first kappa shape index (κ1) is 22.1. The van der Waals surface area contributed by atoms with Crippen molar-refractivity contribution in [3.8, 4) is 11.4 Å². The zero-order valence-corrected chi connectivity index (χ0v) is 18.2. The van der Waals surface area contributed by atoms with Crippen LogP contribution in [0.5, 0.6) is 0 Å². The second-order valence-corrected chi connectivity index (χ2v) is 7.85. The second kappa shape index (κ2) is 9.06. The molecule has 2 N–H and O–H groups in total. The molecule has 2 aliphatic heterocycles. The summed E-state index contributed by atoms with van der Waals surface area (Å²) in [5, 5.41) is 7.65. The fraction of sp³-hybridized carbons (Fsp3) is 0.400. The maximum atomic E-state index is 6.18. The standard InChI is InChI=1S/C20H22ClN5O.2ClH/c21-14-4-5-19-23-11-17(26(19)12-14)16-2-1-3-18(25-16)24-15-10-20(27-13-15)6-8-22-9-7-20;;/h1-5,11-12,15,22H,6-10,13H2,(H,24,25);2*1H. The van der Waals surface area contributed by atoms with Gasteiger partial charge < -0.3 is 15.4 Å². The highest BCUT2D eigenvalue weighted by Crippen LogP contribution is 2.35. The number of halogens is 3. The van der Waals surface area contributed by atoms with E-state index in [1.54, 1.807) is 0 Å². The molecule has 0 bridgehead atoms. The molecule has 0 saturated carbocycles. The molecule has 2 aliphatic rings. The van der Waals surface area contributed by atoms with Gasteiger partial charge in [0.05, 0.1) is 40.9 Å². The van der Waals surface area contributed by atoms with E-state index in [4.69, 9.17) is 21.3 Å². The van der Waals surface area contributed by atoms with E-state index in [0.29, 0.717) is 11.1 Å². The number of imidazole rings is 1. The van der Waals surface area contributed by atoms with Crippen molar-refractivity contribution in [3.63, 3.8) is 0 Å². The van der Waals surface area contributed by atoms with Gasteiger partial charge in [0.15, 0.2) is 0 Å². The lowest BCUT2D eigenvalue weighted by Crippen LogP contribution is -2.41. The molecule has 2 fully saturated rings. The van der Waals surface area contributed by atoms with Crippen molar-refractivity contribution in [2.75, 3.05) is 25.0 Å². The van der Waals surface area contributed by atoms with E-state index in [9.17, 15) is 0 Å². The molecule has 3 aromatic rings. The highest BCUT2D eigenvalue weighted by atomic mass is 35.5. The van der Waals surface area contributed by atoms with Crippen LogP contribution in [0.15, 0.2) is 42.7 Å². The van der Waals surface area contributed by atoms with E-state index < -0.39 is 0 Å².